The number of nitrogens with zero attached hydrogens (tertiary/aromatic N) is 4. The number of anilines is 2. The number of piperazine rings is 1. The first-order valence-corrected chi connectivity index (χ1v) is 12.2. The topological polar surface area (TPSA) is 74.5 Å². The zero-order valence-corrected chi connectivity index (χ0v) is 19.3. The normalized spacial score (nSPS) is 14.6. The lowest BCUT2D eigenvalue weighted by Crippen LogP contribution is -2.46. The molecule has 1 N–H and O–H groups in total. The van der Waals surface area contributed by atoms with Gasteiger partial charge in [0, 0.05) is 44.2 Å². The minimum Gasteiger partial charge on any atom is -0.367 e. The van der Waals surface area contributed by atoms with E-state index in [0.29, 0.717) is 5.69 Å². The summed E-state index contributed by atoms with van der Waals surface area (Å²) in [5.41, 5.74) is 3.25. The van der Waals surface area contributed by atoms with Crippen molar-refractivity contribution in [3.63, 3.8) is 0 Å². The highest BCUT2D eigenvalue weighted by Crippen LogP contribution is 2.30. The molecule has 0 unspecified atom stereocenters. The first-order valence-electron chi connectivity index (χ1n) is 10.4. The third-order valence-electron chi connectivity index (χ3n) is 5.40. The van der Waals surface area contributed by atoms with Crippen LogP contribution in [0.4, 0.5) is 11.4 Å². The third-order valence-corrected chi connectivity index (χ3v) is 7.28. The molecule has 164 valence electrons. The second-order valence-electron chi connectivity index (χ2n) is 7.68. The highest BCUT2D eigenvalue weighted by molar-refractivity contribution is 7.20. The number of benzene rings is 1. The highest BCUT2D eigenvalue weighted by atomic mass is 32.1. The van der Waals surface area contributed by atoms with Crippen LogP contribution in [0.3, 0.4) is 0 Å². The van der Waals surface area contributed by atoms with Crippen molar-refractivity contribution in [2.75, 3.05) is 36.4 Å². The van der Waals surface area contributed by atoms with E-state index in [1.165, 1.54) is 11.3 Å². The molecule has 32 heavy (non-hydrogen) atoms. The number of amides is 1. The zero-order valence-electron chi connectivity index (χ0n) is 17.7. The van der Waals surface area contributed by atoms with Gasteiger partial charge in [-0.15, -0.1) is 22.7 Å². The number of para-hydroxylation sites is 2. The van der Waals surface area contributed by atoms with Crippen LogP contribution in [0.1, 0.15) is 21.9 Å². The van der Waals surface area contributed by atoms with Crippen molar-refractivity contribution in [3.05, 3.63) is 70.4 Å². The molecule has 1 fully saturated rings. The van der Waals surface area contributed by atoms with E-state index in [0.717, 1.165) is 65.4 Å². The molecule has 9 heteroatoms. The lowest BCUT2D eigenvalue weighted by atomic mass is 10.2. The maximum absolute atomic E-state index is 12.9. The Labute approximate surface area is 194 Å². The summed E-state index contributed by atoms with van der Waals surface area (Å²) in [6.07, 6.45) is 0. The first kappa shape index (κ1) is 20.9. The number of carbonyl (C=O) groups excluding carboxylic acids is 1. The van der Waals surface area contributed by atoms with Crippen LogP contribution in [0.5, 0.6) is 0 Å². The van der Waals surface area contributed by atoms with Gasteiger partial charge in [-0.05, 0) is 30.5 Å². The van der Waals surface area contributed by atoms with Crippen molar-refractivity contribution in [2.45, 2.75) is 13.5 Å². The smallest absolute Gasteiger partial charge is 0.275 e. The Morgan fingerprint density at radius 1 is 1.12 bits per heavy atom. The molecule has 5 rings (SSSR count). The van der Waals surface area contributed by atoms with E-state index in [2.05, 4.69) is 31.3 Å². The van der Waals surface area contributed by atoms with Gasteiger partial charge < -0.3 is 14.7 Å². The summed E-state index contributed by atoms with van der Waals surface area (Å²) in [5, 5.41) is 11.9. The Bertz CT molecular complexity index is 1190. The molecule has 0 saturated carbocycles. The van der Waals surface area contributed by atoms with E-state index in [4.69, 9.17) is 4.52 Å². The molecule has 1 saturated heterocycles. The van der Waals surface area contributed by atoms with Crippen LogP contribution in [-0.4, -0.2) is 47.1 Å². The second kappa shape index (κ2) is 9.23. The van der Waals surface area contributed by atoms with Crippen molar-refractivity contribution in [2.24, 2.45) is 0 Å². The van der Waals surface area contributed by atoms with Crippen LogP contribution >= 0.6 is 22.7 Å². The molecule has 7 nitrogen and oxygen atoms in total. The Balaban J connectivity index is 1.24. The minimum absolute atomic E-state index is 0.184. The number of hydrogen-bond acceptors (Lipinski definition) is 8. The molecule has 1 amide bonds. The molecule has 4 aromatic rings. The van der Waals surface area contributed by atoms with E-state index < -0.39 is 0 Å². The van der Waals surface area contributed by atoms with Crippen LogP contribution in [-0.2, 0) is 6.54 Å². The van der Waals surface area contributed by atoms with Gasteiger partial charge >= 0.3 is 0 Å². The molecule has 1 aliphatic rings. The van der Waals surface area contributed by atoms with Gasteiger partial charge in [0.25, 0.3) is 5.91 Å². The number of nitrogens with one attached hydrogen (secondary N) is 1. The Kier molecular flexibility index (Phi) is 6.02. The summed E-state index contributed by atoms with van der Waals surface area (Å²) >= 11 is 3.12. The number of thiophene rings is 1. The molecule has 4 heterocycles. The fraction of sp³-hybridized carbons (Fsp3) is 0.261. The van der Waals surface area contributed by atoms with Crippen LogP contribution in [0.2, 0.25) is 0 Å². The quantitative estimate of drug-likeness (QED) is 0.443. The zero-order chi connectivity index (χ0) is 21.9. The van der Waals surface area contributed by atoms with Crippen LogP contribution in [0, 0.1) is 6.92 Å². The lowest BCUT2D eigenvalue weighted by Gasteiger charge is -2.36. The van der Waals surface area contributed by atoms with Crippen LogP contribution in [0.25, 0.3) is 9.88 Å². The van der Waals surface area contributed by atoms with Gasteiger partial charge in [-0.2, -0.15) is 0 Å². The Morgan fingerprint density at radius 3 is 2.72 bits per heavy atom. The molecule has 1 aromatic carbocycles. The minimum atomic E-state index is -0.184. The molecule has 0 radical (unpaired) electrons. The largest absolute Gasteiger partial charge is 0.367 e. The van der Waals surface area contributed by atoms with Gasteiger partial charge in [-0.1, -0.05) is 23.4 Å². The molecular formula is C23H23N5O2S2. The van der Waals surface area contributed by atoms with Gasteiger partial charge in [0.1, 0.15) is 16.5 Å². The summed E-state index contributed by atoms with van der Waals surface area (Å²) in [4.78, 5) is 23.2. The van der Waals surface area contributed by atoms with E-state index in [9.17, 15) is 4.79 Å². The molecule has 0 bridgehead atoms. The Morgan fingerprint density at radius 2 is 1.97 bits per heavy atom. The fourth-order valence-corrected chi connectivity index (χ4v) is 5.42. The summed E-state index contributed by atoms with van der Waals surface area (Å²) in [5.74, 6) is 0.655. The van der Waals surface area contributed by atoms with Crippen molar-refractivity contribution >= 4 is 40.0 Å². The van der Waals surface area contributed by atoms with Gasteiger partial charge in [-0.25, -0.2) is 4.98 Å². The monoisotopic (exact) mass is 465 g/mol. The molecule has 0 aliphatic carbocycles. The van der Waals surface area contributed by atoms with E-state index >= 15 is 0 Å². The van der Waals surface area contributed by atoms with Crippen molar-refractivity contribution < 1.29 is 9.32 Å². The van der Waals surface area contributed by atoms with Gasteiger partial charge in [0.05, 0.1) is 21.9 Å². The number of aromatic nitrogens is 2. The highest BCUT2D eigenvalue weighted by Gasteiger charge is 2.21. The molecule has 0 spiro atoms. The average molecular weight is 466 g/mol. The van der Waals surface area contributed by atoms with Gasteiger partial charge in [0.2, 0.25) is 0 Å². The summed E-state index contributed by atoms with van der Waals surface area (Å²) in [6, 6.07) is 14.0. The van der Waals surface area contributed by atoms with Crippen molar-refractivity contribution in [1.82, 2.24) is 15.0 Å². The predicted octanol–water partition coefficient (Wildman–Crippen LogP) is 4.74. The standard InChI is InChI=1S/C23H23N5O2S2/c1-16-13-17(26-30-16)14-27-8-10-28(11-9-27)20-6-3-2-5-18(20)24-22(29)19-15-32-23(25-19)21-7-4-12-31-21/h2-7,12-13,15H,8-11,14H2,1H3,(H,24,29). The molecule has 3 aromatic heterocycles. The van der Waals surface area contributed by atoms with E-state index in [1.807, 2.05) is 54.1 Å². The maximum Gasteiger partial charge on any atom is 0.275 e. The predicted molar refractivity (Wildman–Crippen MR) is 129 cm³/mol. The summed E-state index contributed by atoms with van der Waals surface area (Å²) in [6.45, 7) is 6.30. The number of aryl methyl sites for hydroxylation is 1. The number of hydrogen-bond donors (Lipinski definition) is 1. The SMILES string of the molecule is Cc1cc(CN2CCN(c3ccccc3NC(=O)c3csc(-c4cccs4)n3)CC2)no1. The van der Waals surface area contributed by atoms with Gasteiger partial charge in [-0.3, -0.25) is 9.69 Å². The maximum atomic E-state index is 12.9. The lowest BCUT2D eigenvalue weighted by molar-refractivity contribution is 0.102. The first-order chi connectivity index (χ1) is 15.7. The summed E-state index contributed by atoms with van der Waals surface area (Å²) < 4.78 is 5.18. The van der Waals surface area contributed by atoms with Crippen LogP contribution < -0.4 is 10.2 Å². The van der Waals surface area contributed by atoms with Gasteiger partial charge in [0.15, 0.2) is 0 Å². The number of rotatable bonds is 6. The Hall–Kier alpha value is -3.01. The fourth-order valence-electron chi connectivity index (χ4n) is 3.80. The number of carbonyl (C=O) groups is 1. The van der Waals surface area contributed by atoms with Crippen molar-refractivity contribution in [3.8, 4) is 9.88 Å². The second-order valence-corrected chi connectivity index (χ2v) is 9.48. The van der Waals surface area contributed by atoms with E-state index in [-0.39, 0.29) is 5.91 Å². The molecular weight excluding hydrogens is 442 g/mol. The van der Waals surface area contributed by atoms with E-state index in [1.54, 1.807) is 11.3 Å². The van der Waals surface area contributed by atoms with Crippen molar-refractivity contribution in [1.29, 1.82) is 0 Å². The van der Waals surface area contributed by atoms with Crippen LogP contribution in [0.15, 0.2) is 57.7 Å². The third kappa shape index (κ3) is 4.59. The number of thiazole rings is 1. The summed E-state index contributed by atoms with van der Waals surface area (Å²) in [7, 11) is 0. The molecule has 1 aliphatic heterocycles. The molecule has 0 atom stereocenters. The average Bonchev–Trinajstić information content (AvgIpc) is 3.57.